The van der Waals surface area contributed by atoms with Crippen molar-refractivity contribution in [3.8, 4) is 5.75 Å². The number of hydrogen-bond acceptors (Lipinski definition) is 5. The first-order chi connectivity index (χ1) is 15.7. The van der Waals surface area contributed by atoms with Gasteiger partial charge in [-0.1, -0.05) is 45.0 Å². The Balaban J connectivity index is 1.54. The molecule has 0 bridgehead atoms. The quantitative estimate of drug-likeness (QED) is 0.574. The van der Waals surface area contributed by atoms with Crippen LogP contribution in [0.3, 0.4) is 0 Å². The van der Waals surface area contributed by atoms with Crippen molar-refractivity contribution in [1.82, 2.24) is 10.2 Å². The zero-order valence-corrected chi connectivity index (χ0v) is 19.9. The van der Waals surface area contributed by atoms with E-state index in [1.54, 1.807) is 29.2 Å². The molecule has 3 N–H and O–H groups in total. The van der Waals surface area contributed by atoms with E-state index in [9.17, 15) is 9.59 Å². The predicted molar refractivity (Wildman–Crippen MR) is 130 cm³/mol. The third-order valence-corrected chi connectivity index (χ3v) is 5.56. The average molecular weight is 451 g/mol. The molecule has 0 spiro atoms. The van der Waals surface area contributed by atoms with Crippen LogP contribution in [0.15, 0.2) is 53.5 Å². The molecule has 3 rings (SSSR count). The molecule has 1 unspecified atom stereocenters. The maximum atomic E-state index is 12.9. The van der Waals surface area contributed by atoms with Gasteiger partial charge in [-0.15, -0.1) is 0 Å². The number of nitrogens with two attached hydrogens (primary N) is 1. The summed E-state index contributed by atoms with van der Waals surface area (Å²) in [7, 11) is 0. The van der Waals surface area contributed by atoms with E-state index >= 15 is 0 Å². The van der Waals surface area contributed by atoms with Crippen LogP contribution in [0.5, 0.6) is 5.75 Å². The van der Waals surface area contributed by atoms with E-state index in [1.807, 2.05) is 38.1 Å². The van der Waals surface area contributed by atoms with Crippen LogP contribution in [0.4, 0.5) is 0 Å². The Labute approximate surface area is 196 Å². The van der Waals surface area contributed by atoms with Crippen LogP contribution in [0.2, 0.25) is 0 Å². The maximum absolute atomic E-state index is 12.9. The lowest BCUT2D eigenvalue weighted by molar-refractivity contribution is -0.131. The first-order valence-electron chi connectivity index (χ1n) is 11.5. The molecule has 176 valence electrons. The lowest BCUT2D eigenvalue weighted by Crippen LogP contribution is -2.43. The van der Waals surface area contributed by atoms with Crippen molar-refractivity contribution in [1.29, 1.82) is 0 Å². The zero-order chi connectivity index (χ0) is 24.0. The molecule has 33 heavy (non-hydrogen) atoms. The molecule has 2 aromatic carbocycles. The van der Waals surface area contributed by atoms with Crippen molar-refractivity contribution in [2.75, 3.05) is 6.61 Å². The molecule has 1 heterocycles. The Morgan fingerprint density at radius 2 is 1.76 bits per heavy atom. The van der Waals surface area contributed by atoms with E-state index in [4.69, 9.17) is 10.5 Å². The molecule has 0 aliphatic carbocycles. The molecular weight excluding hydrogens is 416 g/mol. The molecule has 7 nitrogen and oxygen atoms in total. The summed E-state index contributed by atoms with van der Waals surface area (Å²) in [6.07, 6.45) is 1.60. The number of nitrogens with zero attached hydrogens (tertiary/aromatic N) is 2. The first kappa shape index (κ1) is 24.3. The van der Waals surface area contributed by atoms with Gasteiger partial charge in [0.15, 0.2) is 5.96 Å². The number of rotatable bonds is 10. The molecule has 0 fully saturated rings. The number of guanidine groups is 1. The van der Waals surface area contributed by atoms with E-state index < -0.39 is 5.54 Å². The number of carbonyl (C=O) groups excluding carboxylic acids is 2. The molecular formula is C26H34N4O3. The molecule has 0 radical (unpaired) electrons. The standard InChI is InChI=1S/C26H34N4O3/c1-5-14-33-22-12-10-21(11-13-22)23(31)28-16-19-6-8-20(9-7-19)17-30-24(32)26(4,15-18(2)3)29-25(30)27/h6-13,18H,5,14-17H2,1-4H3,(H2,27,29)(H,28,31). The number of aliphatic imine (C=N–C) groups is 1. The number of benzene rings is 2. The van der Waals surface area contributed by atoms with Crippen LogP contribution in [-0.4, -0.2) is 34.8 Å². The van der Waals surface area contributed by atoms with Gasteiger partial charge >= 0.3 is 0 Å². The Morgan fingerprint density at radius 3 is 2.36 bits per heavy atom. The molecule has 0 saturated carbocycles. The largest absolute Gasteiger partial charge is 0.494 e. The van der Waals surface area contributed by atoms with E-state index in [-0.39, 0.29) is 17.8 Å². The number of amides is 2. The molecule has 0 saturated heterocycles. The Kier molecular flexibility index (Phi) is 7.74. The average Bonchev–Trinajstić information content (AvgIpc) is 2.99. The third kappa shape index (κ3) is 6.12. The molecule has 7 heteroatoms. The van der Waals surface area contributed by atoms with Crippen molar-refractivity contribution >= 4 is 17.8 Å². The highest BCUT2D eigenvalue weighted by molar-refractivity contribution is 6.06. The number of ether oxygens (including phenoxy) is 1. The van der Waals surface area contributed by atoms with Gasteiger partial charge in [0.1, 0.15) is 11.3 Å². The van der Waals surface area contributed by atoms with Gasteiger partial charge in [0.2, 0.25) is 0 Å². The zero-order valence-electron chi connectivity index (χ0n) is 19.9. The van der Waals surface area contributed by atoms with Crippen LogP contribution >= 0.6 is 0 Å². The van der Waals surface area contributed by atoms with Crippen molar-refractivity contribution < 1.29 is 14.3 Å². The van der Waals surface area contributed by atoms with Crippen LogP contribution in [0.1, 0.15) is 62.0 Å². The second kappa shape index (κ2) is 10.5. The Hall–Kier alpha value is -3.35. The minimum Gasteiger partial charge on any atom is -0.494 e. The molecule has 0 aromatic heterocycles. The van der Waals surface area contributed by atoms with Crippen molar-refractivity contribution in [2.24, 2.45) is 16.6 Å². The predicted octanol–water partition coefficient (Wildman–Crippen LogP) is 3.87. The summed E-state index contributed by atoms with van der Waals surface area (Å²) in [5.74, 6) is 1.17. The molecule has 2 aromatic rings. The van der Waals surface area contributed by atoms with Gasteiger partial charge in [-0.2, -0.15) is 0 Å². The van der Waals surface area contributed by atoms with Gasteiger partial charge in [0, 0.05) is 12.1 Å². The lowest BCUT2D eigenvalue weighted by atomic mass is 9.91. The number of carbonyl (C=O) groups is 2. The van der Waals surface area contributed by atoms with Crippen molar-refractivity contribution in [3.05, 3.63) is 65.2 Å². The Morgan fingerprint density at radius 1 is 1.12 bits per heavy atom. The maximum Gasteiger partial charge on any atom is 0.257 e. The summed E-state index contributed by atoms with van der Waals surface area (Å²) in [5.41, 5.74) is 7.78. The SMILES string of the molecule is CCCOc1ccc(C(=O)NCc2ccc(CN3C(=O)C(C)(CC(C)C)N=C3N)cc2)cc1. The van der Waals surface area contributed by atoms with Crippen LogP contribution < -0.4 is 15.8 Å². The smallest absolute Gasteiger partial charge is 0.257 e. The van der Waals surface area contributed by atoms with Crippen molar-refractivity contribution in [2.45, 2.75) is 59.2 Å². The highest BCUT2D eigenvalue weighted by Gasteiger charge is 2.43. The van der Waals surface area contributed by atoms with E-state index in [0.717, 1.165) is 23.3 Å². The normalized spacial score (nSPS) is 17.9. The highest BCUT2D eigenvalue weighted by Crippen LogP contribution is 2.29. The van der Waals surface area contributed by atoms with Gasteiger partial charge in [-0.05, 0) is 61.1 Å². The molecule has 1 aliphatic rings. The summed E-state index contributed by atoms with van der Waals surface area (Å²) in [6.45, 7) is 9.48. The van der Waals surface area contributed by atoms with Gasteiger partial charge in [0.05, 0.1) is 13.2 Å². The molecule has 1 atom stereocenters. The van der Waals surface area contributed by atoms with E-state index in [0.29, 0.717) is 37.6 Å². The second-order valence-electron chi connectivity index (χ2n) is 9.11. The fraction of sp³-hybridized carbons (Fsp3) is 0.423. The molecule has 2 amide bonds. The summed E-state index contributed by atoms with van der Waals surface area (Å²) in [4.78, 5) is 31.3. The summed E-state index contributed by atoms with van der Waals surface area (Å²) >= 11 is 0. The Bertz CT molecular complexity index is 999. The van der Waals surface area contributed by atoms with E-state index in [1.165, 1.54) is 0 Å². The van der Waals surface area contributed by atoms with Crippen LogP contribution in [0.25, 0.3) is 0 Å². The monoisotopic (exact) mass is 450 g/mol. The third-order valence-electron chi connectivity index (χ3n) is 5.56. The fourth-order valence-corrected chi connectivity index (χ4v) is 3.99. The fourth-order valence-electron chi connectivity index (χ4n) is 3.99. The summed E-state index contributed by atoms with van der Waals surface area (Å²) < 4.78 is 5.55. The van der Waals surface area contributed by atoms with Crippen molar-refractivity contribution in [3.63, 3.8) is 0 Å². The minimum absolute atomic E-state index is 0.0591. The second-order valence-corrected chi connectivity index (χ2v) is 9.11. The van der Waals surface area contributed by atoms with Crippen LogP contribution in [0, 0.1) is 5.92 Å². The lowest BCUT2D eigenvalue weighted by Gasteiger charge is -2.23. The van der Waals surface area contributed by atoms with Gasteiger partial charge in [-0.25, -0.2) is 4.99 Å². The van der Waals surface area contributed by atoms with E-state index in [2.05, 4.69) is 24.2 Å². The summed E-state index contributed by atoms with van der Waals surface area (Å²) in [5, 5.41) is 2.93. The highest BCUT2D eigenvalue weighted by atomic mass is 16.5. The first-order valence-corrected chi connectivity index (χ1v) is 11.5. The van der Waals surface area contributed by atoms with Gasteiger partial charge < -0.3 is 15.8 Å². The van der Waals surface area contributed by atoms with Gasteiger partial charge in [0.25, 0.3) is 11.8 Å². The van der Waals surface area contributed by atoms with Gasteiger partial charge in [-0.3, -0.25) is 14.5 Å². The number of nitrogens with one attached hydrogen (secondary N) is 1. The summed E-state index contributed by atoms with van der Waals surface area (Å²) in [6, 6.07) is 14.9. The minimum atomic E-state index is -0.789. The number of hydrogen-bond donors (Lipinski definition) is 2. The van der Waals surface area contributed by atoms with Crippen LogP contribution in [-0.2, 0) is 17.9 Å². The molecule has 1 aliphatic heterocycles. The topological polar surface area (TPSA) is 97.0 Å².